The number of ether oxygens (including phenoxy) is 1. The number of para-hydroxylation sites is 1. The molecule has 0 saturated carbocycles. The molecule has 1 aliphatic rings. The Bertz CT molecular complexity index is 1350. The Balaban J connectivity index is 1.88. The van der Waals surface area contributed by atoms with Crippen LogP contribution in [-0.4, -0.2) is 34.7 Å². The second-order valence-corrected chi connectivity index (χ2v) is 7.67. The highest BCUT2D eigenvalue weighted by Gasteiger charge is 2.32. The lowest BCUT2D eigenvalue weighted by atomic mass is 9.90. The van der Waals surface area contributed by atoms with Crippen LogP contribution >= 0.6 is 0 Å². The van der Waals surface area contributed by atoms with Gasteiger partial charge in [-0.15, -0.1) is 0 Å². The maximum atomic E-state index is 13.1. The van der Waals surface area contributed by atoms with Gasteiger partial charge < -0.3 is 24.5 Å². The van der Waals surface area contributed by atoms with E-state index in [0.29, 0.717) is 23.2 Å². The van der Waals surface area contributed by atoms with E-state index in [0.717, 1.165) is 5.56 Å². The fraction of sp³-hybridized carbons (Fsp3) is 0.160. The van der Waals surface area contributed by atoms with E-state index in [1.807, 2.05) is 30.3 Å². The SMILES string of the molecule is O=c1cc(-c2ccccc2O)oc2c(C3OCNCC3O)c(-c3ccccc3)cc(O)c12. The van der Waals surface area contributed by atoms with Gasteiger partial charge in [0, 0.05) is 18.2 Å². The first kappa shape index (κ1) is 20.3. The van der Waals surface area contributed by atoms with Crippen LogP contribution < -0.4 is 10.7 Å². The van der Waals surface area contributed by atoms with Crippen molar-refractivity contribution in [3.8, 4) is 33.9 Å². The van der Waals surface area contributed by atoms with E-state index in [-0.39, 0.29) is 35.0 Å². The van der Waals surface area contributed by atoms with E-state index in [4.69, 9.17) is 9.15 Å². The third-order valence-corrected chi connectivity index (χ3v) is 5.63. The van der Waals surface area contributed by atoms with E-state index >= 15 is 0 Å². The lowest BCUT2D eigenvalue weighted by Crippen LogP contribution is -2.41. The number of hydrogen-bond acceptors (Lipinski definition) is 7. The molecule has 32 heavy (non-hydrogen) atoms. The zero-order valence-electron chi connectivity index (χ0n) is 17.0. The quantitative estimate of drug-likeness (QED) is 0.393. The molecule has 1 aliphatic heterocycles. The average molecular weight is 431 g/mol. The summed E-state index contributed by atoms with van der Waals surface area (Å²) in [6.07, 6.45) is -1.70. The third-order valence-electron chi connectivity index (χ3n) is 5.63. The summed E-state index contributed by atoms with van der Waals surface area (Å²) in [6.45, 7) is 0.506. The third kappa shape index (κ3) is 3.42. The predicted octanol–water partition coefficient (Wildman–Crippen LogP) is 3.52. The van der Waals surface area contributed by atoms with Gasteiger partial charge in [0.2, 0.25) is 0 Å². The zero-order chi connectivity index (χ0) is 22.2. The van der Waals surface area contributed by atoms with Crippen molar-refractivity contribution in [1.82, 2.24) is 5.32 Å². The highest BCUT2D eigenvalue weighted by Crippen LogP contribution is 2.42. The number of aliphatic hydroxyl groups is 1. The lowest BCUT2D eigenvalue weighted by molar-refractivity contribution is -0.0779. The summed E-state index contributed by atoms with van der Waals surface area (Å²) in [5, 5.41) is 34.7. The van der Waals surface area contributed by atoms with E-state index in [9.17, 15) is 20.1 Å². The number of phenolic OH excluding ortho intramolecular Hbond substituents is 2. The molecule has 1 saturated heterocycles. The molecule has 7 heteroatoms. The van der Waals surface area contributed by atoms with Crippen LogP contribution in [0.15, 0.2) is 75.9 Å². The van der Waals surface area contributed by atoms with Gasteiger partial charge in [0.15, 0.2) is 5.43 Å². The van der Waals surface area contributed by atoms with Gasteiger partial charge in [-0.1, -0.05) is 42.5 Å². The second kappa shape index (κ2) is 8.12. The van der Waals surface area contributed by atoms with E-state index in [1.54, 1.807) is 18.2 Å². The van der Waals surface area contributed by atoms with Crippen LogP contribution in [0.1, 0.15) is 11.7 Å². The first-order valence-corrected chi connectivity index (χ1v) is 10.2. The number of benzene rings is 3. The summed E-state index contributed by atoms with van der Waals surface area (Å²) in [5.74, 6) is -0.128. The molecule has 0 spiro atoms. The zero-order valence-corrected chi connectivity index (χ0v) is 17.0. The van der Waals surface area contributed by atoms with Crippen LogP contribution in [0.25, 0.3) is 33.4 Å². The van der Waals surface area contributed by atoms with Gasteiger partial charge in [0.05, 0.1) is 18.4 Å². The van der Waals surface area contributed by atoms with E-state index in [1.165, 1.54) is 18.2 Å². The molecular formula is C25H21NO6. The number of hydrogen-bond donors (Lipinski definition) is 4. The fourth-order valence-electron chi connectivity index (χ4n) is 4.14. The topological polar surface area (TPSA) is 112 Å². The molecule has 1 aromatic heterocycles. The Morgan fingerprint density at radius 1 is 0.906 bits per heavy atom. The number of rotatable bonds is 3. The number of aliphatic hydroxyl groups excluding tert-OH is 1. The minimum absolute atomic E-state index is 0.00631. The number of β-amino-alcohol motifs (C(OH)–C–C–N with tert-alkyl or cyclic N) is 1. The van der Waals surface area contributed by atoms with Crippen molar-refractivity contribution < 1.29 is 24.5 Å². The van der Waals surface area contributed by atoms with Gasteiger partial charge in [-0.3, -0.25) is 10.1 Å². The summed E-state index contributed by atoms with van der Waals surface area (Å²) in [4.78, 5) is 13.1. The fourth-order valence-corrected chi connectivity index (χ4v) is 4.14. The van der Waals surface area contributed by atoms with Crippen LogP contribution in [0.5, 0.6) is 11.5 Å². The van der Waals surface area contributed by atoms with Crippen molar-refractivity contribution in [3.05, 3.63) is 82.5 Å². The van der Waals surface area contributed by atoms with Gasteiger partial charge in [-0.2, -0.15) is 0 Å². The van der Waals surface area contributed by atoms with Crippen LogP contribution in [-0.2, 0) is 4.74 Å². The molecule has 2 atom stereocenters. The summed E-state index contributed by atoms with van der Waals surface area (Å²) in [5.41, 5.74) is 1.80. The summed E-state index contributed by atoms with van der Waals surface area (Å²) in [6, 6.07) is 18.6. The van der Waals surface area contributed by atoms with Gasteiger partial charge >= 0.3 is 0 Å². The van der Waals surface area contributed by atoms with Crippen molar-refractivity contribution in [2.45, 2.75) is 12.2 Å². The maximum absolute atomic E-state index is 13.1. The second-order valence-electron chi connectivity index (χ2n) is 7.67. The maximum Gasteiger partial charge on any atom is 0.197 e. The molecule has 2 unspecified atom stereocenters. The van der Waals surface area contributed by atoms with Crippen molar-refractivity contribution in [3.63, 3.8) is 0 Å². The summed E-state index contributed by atoms with van der Waals surface area (Å²) >= 11 is 0. The molecule has 1 fully saturated rings. The molecule has 0 aliphatic carbocycles. The highest BCUT2D eigenvalue weighted by molar-refractivity contribution is 5.94. The van der Waals surface area contributed by atoms with Crippen molar-refractivity contribution in [2.24, 2.45) is 0 Å². The van der Waals surface area contributed by atoms with Gasteiger partial charge in [-0.25, -0.2) is 0 Å². The van der Waals surface area contributed by atoms with Crippen molar-refractivity contribution in [1.29, 1.82) is 0 Å². The lowest BCUT2D eigenvalue weighted by Gasteiger charge is -2.31. The van der Waals surface area contributed by atoms with Crippen LogP contribution in [0, 0.1) is 0 Å². The molecule has 7 nitrogen and oxygen atoms in total. The van der Waals surface area contributed by atoms with Crippen molar-refractivity contribution >= 4 is 11.0 Å². The molecule has 0 amide bonds. The first-order valence-electron chi connectivity index (χ1n) is 10.2. The van der Waals surface area contributed by atoms with Gasteiger partial charge in [0.1, 0.15) is 34.3 Å². The molecule has 5 rings (SSSR count). The normalized spacial score (nSPS) is 18.7. The average Bonchev–Trinajstić information content (AvgIpc) is 2.80. The number of phenols is 2. The monoisotopic (exact) mass is 431 g/mol. The molecule has 4 aromatic rings. The van der Waals surface area contributed by atoms with Crippen molar-refractivity contribution in [2.75, 3.05) is 13.3 Å². The Labute approximate surface area is 183 Å². The molecule has 162 valence electrons. The summed E-state index contributed by atoms with van der Waals surface area (Å²) < 4.78 is 12.0. The Kier molecular flexibility index (Phi) is 5.14. The number of nitrogens with one attached hydrogen (secondary N) is 1. The van der Waals surface area contributed by atoms with Crippen LogP contribution in [0.4, 0.5) is 0 Å². The van der Waals surface area contributed by atoms with Gasteiger partial charge in [-0.05, 0) is 29.3 Å². The highest BCUT2D eigenvalue weighted by atomic mass is 16.5. The number of fused-ring (bicyclic) bond motifs is 1. The molecule has 2 heterocycles. The standard InChI is InChI=1S/C25H21NO6/c27-17-9-5-4-8-15(17)21-11-19(29)23-18(28)10-16(14-6-2-1-3-7-14)22(25(23)32-21)24-20(30)12-26-13-31-24/h1-11,20,24,26-28,30H,12-13H2. The van der Waals surface area contributed by atoms with E-state index in [2.05, 4.69) is 5.32 Å². The molecule has 3 aromatic carbocycles. The predicted molar refractivity (Wildman–Crippen MR) is 119 cm³/mol. The van der Waals surface area contributed by atoms with Crippen LogP contribution in [0.3, 0.4) is 0 Å². The Morgan fingerprint density at radius 3 is 2.41 bits per heavy atom. The Hall–Kier alpha value is -3.65. The minimum atomic E-state index is -0.905. The minimum Gasteiger partial charge on any atom is -0.507 e. The molecule has 0 bridgehead atoms. The molecule has 0 radical (unpaired) electrons. The van der Waals surface area contributed by atoms with E-state index < -0.39 is 17.6 Å². The molecule has 4 N–H and O–H groups in total. The smallest absolute Gasteiger partial charge is 0.197 e. The first-order chi connectivity index (χ1) is 15.5. The summed E-state index contributed by atoms with van der Waals surface area (Å²) in [7, 11) is 0. The number of aromatic hydroxyl groups is 2. The molecular weight excluding hydrogens is 410 g/mol. The Morgan fingerprint density at radius 2 is 1.66 bits per heavy atom. The van der Waals surface area contributed by atoms with Gasteiger partial charge in [0.25, 0.3) is 0 Å². The van der Waals surface area contributed by atoms with Crippen LogP contribution in [0.2, 0.25) is 0 Å². The largest absolute Gasteiger partial charge is 0.507 e.